The molecule has 28 heavy (non-hydrogen) atoms. The van der Waals surface area contributed by atoms with Gasteiger partial charge in [0.25, 0.3) is 5.56 Å². The molecule has 1 atom stereocenters. The molecule has 1 unspecified atom stereocenters. The number of benzene rings is 1. The van der Waals surface area contributed by atoms with Gasteiger partial charge in [0.1, 0.15) is 17.4 Å². The Hall–Kier alpha value is -3.01. The predicted octanol–water partition coefficient (Wildman–Crippen LogP) is 4.14. The van der Waals surface area contributed by atoms with Crippen molar-refractivity contribution in [1.29, 1.82) is 5.26 Å². The molecule has 0 spiro atoms. The fraction of sp³-hybridized carbons (Fsp3) is 0.143. The molecule has 1 aliphatic heterocycles. The van der Waals surface area contributed by atoms with Crippen molar-refractivity contribution in [2.75, 3.05) is 0 Å². The first-order valence-corrected chi connectivity index (χ1v) is 9.85. The second kappa shape index (κ2) is 7.19. The molecule has 1 aromatic carbocycles. The van der Waals surface area contributed by atoms with Gasteiger partial charge in [0, 0.05) is 21.7 Å². The number of aromatic nitrogens is 1. The monoisotopic (exact) mass is 409 g/mol. The van der Waals surface area contributed by atoms with E-state index in [4.69, 9.17) is 22.1 Å². The Labute approximate surface area is 170 Å². The van der Waals surface area contributed by atoms with Crippen molar-refractivity contribution in [3.05, 3.63) is 96.4 Å². The molecule has 2 N–H and O–H groups in total. The molecule has 1 aliphatic rings. The van der Waals surface area contributed by atoms with Gasteiger partial charge in [0.05, 0.1) is 18.0 Å². The summed E-state index contributed by atoms with van der Waals surface area (Å²) < 4.78 is 7.36. The number of hydrogen-bond donors (Lipinski definition) is 1. The molecular weight excluding hydrogens is 394 g/mol. The van der Waals surface area contributed by atoms with Crippen molar-refractivity contribution in [2.24, 2.45) is 5.73 Å². The Balaban J connectivity index is 1.96. The lowest BCUT2D eigenvalue weighted by Crippen LogP contribution is -2.32. The topological polar surface area (TPSA) is 81.0 Å². The number of fused-ring (bicyclic) bond motifs is 1. The summed E-state index contributed by atoms with van der Waals surface area (Å²) in [6.07, 6.45) is 0. The van der Waals surface area contributed by atoms with E-state index in [1.54, 1.807) is 40.2 Å². The van der Waals surface area contributed by atoms with Crippen LogP contribution in [0.5, 0.6) is 5.75 Å². The van der Waals surface area contributed by atoms with Gasteiger partial charge in [-0.3, -0.25) is 4.79 Å². The highest BCUT2D eigenvalue weighted by Crippen LogP contribution is 2.41. The molecule has 0 bridgehead atoms. The summed E-state index contributed by atoms with van der Waals surface area (Å²) in [5.74, 6) is -0.240. The summed E-state index contributed by atoms with van der Waals surface area (Å²) in [6.45, 7) is 2.31. The molecule has 140 valence electrons. The molecule has 7 heteroatoms. The zero-order valence-corrected chi connectivity index (χ0v) is 16.6. The molecule has 0 radical (unpaired) electrons. The lowest BCUT2D eigenvalue weighted by Gasteiger charge is -2.27. The van der Waals surface area contributed by atoms with E-state index < -0.39 is 5.92 Å². The van der Waals surface area contributed by atoms with Crippen LogP contribution in [0.3, 0.4) is 0 Å². The Morgan fingerprint density at radius 3 is 2.82 bits per heavy atom. The summed E-state index contributed by atoms with van der Waals surface area (Å²) in [7, 11) is 0. The Morgan fingerprint density at radius 1 is 1.32 bits per heavy atom. The number of ether oxygens (including phenoxy) is 1. The molecule has 5 nitrogen and oxygen atoms in total. The van der Waals surface area contributed by atoms with E-state index in [0.29, 0.717) is 22.9 Å². The zero-order valence-electron chi connectivity index (χ0n) is 15.0. The number of nitrogens with zero attached hydrogens (tertiary/aromatic N) is 2. The highest BCUT2D eigenvalue weighted by atomic mass is 35.5. The number of aryl methyl sites for hydroxylation is 1. The molecule has 0 fully saturated rings. The first-order chi connectivity index (χ1) is 13.5. The quantitative estimate of drug-likeness (QED) is 0.704. The molecular formula is C21H16ClN3O2S. The van der Waals surface area contributed by atoms with Crippen molar-refractivity contribution >= 4 is 22.9 Å². The summed E-state index contributed by atoms with van der Waals surface area (Å²) in [4.78, 5) is 14.5. The lowest BCUT2D eigenvalue weighted by molar-refractivity contribution is 0.389. The van der Waals surface area contributed by atoms with Gasteiger partial charge in [-0.25, -0.2) is 0 Å². The maximum absolute atomic E-state index is 13.5. The van der Waals surface area contributed by atoms with E-state index in [2.05, 4.69) is 6.07 Å². The van der Waals surface area contributed by atoms with Gasteiger partial charge >= 0.3 is 0 Å². The van der Waals surface area contributed by atoms with Crippen LogP contribution in [0.1, 0.15) is 27.6 Å². The largest absolute Gasteiger partial charge is 0.440 e. The fourth-order valence-corrected chi connectivity index (χ4v) is 4.35. The maximum Gasteiger partial charge on any atom is 0.259 e. The third-order valence-electron chi connectivity index (χ3n) is 4.77. The molecule has 0 saturated carbocycles. The summed E-state index contributed by atoms with van der Waals surface area (Å²) in [5.41, 5.74) is 7.90. The van der Waals surface area contributed by atoms with Crippen LogP contribution in [-0.2, 0) is 6.54 Å². The summed E-state index contributed by atoms with van der Waals surface area (Å²) in [6, 6.07) is 15.0. The average molecular weight is 410 g/mol. The van der Waals surface area contributed by atoms with E-state index in [1.165, 1.54) is 0 Å². The third kappa shape index (κ3) is 3.09. The molecule has 2 aromatic heterocycles. The van der Waals surface area contributed by atoms with Crippen LogP contribution in [0.2, 0.25) is 5.02 Å². The summed E-state index contributed by atoms with van der Waals surface area (Å²) >= 11 is 7.75. The Morgan fingerprint density at radius 2 is 2.14 bits per heavy atom. The van der Waals surface area contributed by atoms with E-state index in [-0.39, 0.29) is 17.0 Å². The average Bonchev–Trinajstić information content (AvgIpc) is 3.17. The van der Waals surface area contributed by atoms with Crippen LogP contribution in [0, 0.1) is 18.3 Å². The smallest absolute Gasteiger partial charge is 0.259 e. The molecule has 4 rings (SSSR count). The predicted molar refractivity (Wildman–Crippen MR) is 110 cm³/mol. The van der Waals surface area contributed by atoms with Crippen molar-refractivity contribution in [3.63, 3.8) is 0 Å². The normalized spacial score (nSPS) is 15.7. The van der Waals surface area contributed by atoms with Crippen molar-refractivity contribution in [3.8, 4) is 11.8 Å². The van der Waals surface area contributed by atoms with E-state index in [0.717, 1.165) is 16.1 Å². The van der Waals surface area contributed by atoms with Crippen molar-refractivity contribution < 1.29 is 4.74 Å². The molecule has 0 saturated heterocycles. The lowest BCUT2D eigenvalue weighted by atomic mass is 9.84. The van der Waals surface area contributed by atoms with Gasteiger partial charge in [-0.15, -0.1) is 11.3 Å². The van der Waals surface area contributed by atoms with Crippen LogP contribution in [-0.4, -0.2) is 4.57 Å². The first-order valence-electron chi connectivity index (χ1n) is 8.59. The Kier molecular flexibility index (Phi) is 4.71. The van der Waals surface area contributed by atoms with Gasteiger partial charge in [-0.05, 0) is 36.1 Å². The minimum absolute atomic E-state index is 0.00906. The number of hydrogen-bond acceptors (Lipinski definition) is 5. The van der Waals surface area contributed by atoms with E-state index in [1.807, 2.05) is 30.5 Å². The highest BCUT2D eigenvalue weighted by molar-refractivity contribution is 7.09. The van der Waals surface area contributed by atoms with E-state index in [9.17, 15) is 10.1 Å². The molecule has 3 heterocycles. The SMILES string of the molecule is Cc1cc2c(c(=O)n1Cc1cccs1)C(c1cccc(Cl)c1)C(C#N)=C(N)O2. The number of nitriles is 1. The number of pyridine rings is 1. The third-order valence-corrected chi connectivity index (χ3v) is 5.86. The minimum atomic E-state index is -0.630. The van der Waals surface area contributed by atoms with Gasteiger partial charge in [-0.1, -0.05) is 29.8 Å². The van der Waals surface area contributed by atoms with Gasteiger partial charge in [0.2, 0.25) is 5.88 Å². The van der Waals surface area contributed by atoms with Gasteiger partial charge < -0.3 is 15.0 Å². The summed E-state index contributed by atoms with van der Waals surface area (Å²) in [5, 5.41) is 12.2. The minimum Gasteiger partial charge on any atom is -0.440 e. The number of nitrogens with two attached hydrogens (primary N) is 1. The van der Waals surface area contributed by atoms with Crippen LogP contribution < -0.4 is 16.0 Å². The van der Waals surface area contributed by atoms with Crippen LogP contribution in [0.15, 0.2) is 64.1 Å². The van der Waals surface area contributed by atoms with Crippen LogP contribution >= 0.6 is 22.9 Å². The maximum atomic E-state index is 13.5. The van der Waals surface area contributed by atoms with Crippen LogP contribution in [0.4, 0.5) is 0 Å². The van der Waals surface area contributed by atoms with Crippen molar-refractivity contribution in [1.82, 2.24) is 4.57 Å². The molecule has 3 aromatic rings. The highest BCUT2D eigenvalue weighted by Gasteiger charge is 2.34. The molecule has 0 amide bonds. The number of rotatable bonds is 3. The second-order valence-corrected chi connectivity index (χ2v) is 7.98. The number of halogens is 1. The molecule has 0 aliphatic carbocycles. The fourth-order valence-electron chi connectivity index (χ4n) is 3.46. The second-order valence-electron chi connectivity index (χ2n) is 6.51. The Bertz CT molecular complexity index is 1190. The van der Waals surface area contributed by atoms with E-state index >= 15 is 0 Å². The van der Waals surface area contributed by atoms with Crippen molar-refractivity contribution in [2.45, 2.75) is 19.4 Å². The first kappa shape index (κ1) is 18.4. The van der Waals surface area contributed by atoms with Gasteiger partial charge in [0.15, 0.2) is 0 Å². The number of allylic oxidation sites excluding steroid dienone is 1. The van der Waals surface area contributed by atoms with Gasteiger partial charge in [-0.2, -0.15) is 5.26 Å². The standard InChI is InChI=1S/C21H16ClN3O2S/c1-12-8-17-19(21(26)25(12)11-15-6-3-7-28-15)18(16(10-23)20(24)27-17)13-4-2-5-14(22)9-13/h2-9,18H,11,24H2,1H3. The van der Waals surface area contributed by atoms with Crippen LogP contribution in [0.25, 0.3) is 0 Å². The number of thiophene rings is 1. The zero-order chi connectivity index (χ0) is 19.8.